The normalized spacial score (nSPS) is 14.1. The summed E-state index contributed by atoms with van der Waals surface area (Å²) in [6.07, 6.45) is 3.28. The van der Waals surface area contributed by atoms with Crippen LogP contribution in [0, 0.1) is 10.1 Å². The molecule has 22 heavy (non-hydrogen) atoms. The minimum atomic E-state index is -0.445. The summed E-state index contributed by atoms with van der Waals surface area (Å²) in [5.41, 5.74) is 0.703. The molecule has 0 radical (unpaired) electrons. The number of halogens is 1. The van der Waals surface area contributed by atoms with E-state index in [-0.39, 0.29) is 5.69 Å². The molecule has 1 aliphatic rings. The Morgan fingerprint density at radius 1 is 1.23 bits per heavy atom. The molecule has 1 saturated heterocycles. The second-order valence-corrected chi connectivity index (χ2v) is 5.42. The van der Waals surface area contributed by atoms with Crippen molar-refractivity contribution >= 4 is 34.7 Å². The molecule has 1 N–H and O–H groups in total. The number of hydrogen-bond donors (Lipinski definition) is 1. The molecule has 0 bridgehead atoms. The second-order valence-electron chi connectivity index (χ2n) is 4.99. The van der Waals surface area contributed by atoms with Crippen molar-refractivity contribution in [2.45, 2.75) is 12.8 Å². The number of hydrogen-bond acceptors (Lipinski definition) is 6. The summed E-state index contributed by atoms with van der Waals surface area (Å²) in [5.74, 6) is 0.698. The Morgan fingerprint density at radius 3 is 2.55 bits per heavy atom. The van der Waals surface area contributed by atoms with E-state index in [0.717, 1.165) is 31.6 Å². The van der Waals surface area contributed by atoms with Gasteiger partial charge in [0.25, 0.3) is 0 Å². The molecule has 8 heteroatoms. The van der Waals surface area contributed by atoms with Crippen LogP contribution in [0.1, 0.15) is 12.8 Å². The van der Waals surface area contributed by atoms with Crippen LogP contribution in [0.15, 0.2) is 30.5 Å². The molecule has 1 aromatic carbocycles. The van der Waals surface area contributed by atoms with Crippen LogP contribution in [0.2, 0.25) is 5.02 Å². The number of nitrogens with one attached hydrogen (secondary N) is 1. The van der Waals surface area contributed by atoms with Gasteiger partial charge in [0.15, 0.2) is 0 Å². The minimum Gasteiger partial charge on any atom is -0.351 e. The van der Waals surface area contributed by atoms with Crippen molar-refractivity contribution in [3.8, 4) is 0 Å². The fourth-order valence-electron chi connectivity index (χ4n) is 2.38. The molecular weight excluding hydrogens is 306 g/mol. The lowest BCUT2D eigenvalue weighted by atomic mass is 10.3. The van der Waals surface area contributed by atoms with Crippen LogP contribution in [0.25, 0.3) is 0 Å². The SMILES string of the molecule is O=[N+]([O-])c1cnc(Nc2ccc(Cl)cc2)nc1N1CCCC1. The van der Waals surface area contributed by atoms with Gasteiger partial charge in [0.1, 0.15) is 6.20 Å². The van der Waals surface area contributed by atoms with E-state index in [4.69, 9.17) is 11.6 Å². The Morgan fingerprint density at radius 2 is 1.91 bits per heavy atom. The maximum absolute atomic E-state index is 11.1. The van der Waals surface area contributed by atoms with Crippen molar-refractivity contribution < 1.29 is 4.92 Å². The van der Waals surface area contributed by atoms with Gasteiger partial charge in [-0.3, -0.25) is 10.1 Å². The van der Waals surface area contributed by atoms with Gasteiger partial charge < -0.3 is 10.2 Å². The average Bonchev–Trinajstić information content (AvgIpc) is 3.03. The van der Waals surface area contributed by atoms with Gasteiger partial charge in [-0.1, -0.05) is 11.6 Å². The second kappa shape index (κ2) is 6.15. The van der Waals surface area contributed by atoms with Crippen LogP contribution in [0.5, 0.6) is 0 Å². The maximum atomic E-state index is 11.1. The zero-order valence-corrected chi connectivity index (χ0v) is 12.5. The highest BCUT2D eigenvalue weighted by molar-refractivity contribution is 6.30. The molecule has 0 unspecified atom stereocenters. The largest absolute Gasteiger partial charge is 0.351 e. The van der Waals surface area contributed by atoms with Gasteiger partial charge in [0, 0.05) is 23.8 Å². The number of aromatic nitrogens is 2. The van der Waals surface area contributed by atoms with E-state index in [9.17, 15) is 10.1 Å². The summed E-state index contributed by atoms with van der Waals surface area (Å²) in [7, 11) is 0. The zero-order valence-electron chi connectivity index (χ0n) is 11.7. The highest BCUT2D eigenvalue weighted by Gasteiger charge is 2.25. The summed E-state index contributed by atoms with van der Waals surface area (Å²) in [6.45, 7) is 1.55. The van der Waals surface area contributed by atoms with Crippen LogP contribution >= 0.6 is 11.6 Å². The Hall–Kier alpha value is -2.41. The third-order valence-corrected chi connectivity index (χ3v) is 3.70. The van der Waals surface area contributed by atoms with Crippen LogP contribution in [-0.2, 0) is 0 Å². The smallest absolute Gasteiger partial charge is 0.329 e. The maximum Gasteiger partial charge on any atom is 0.329 e. The Kier molecular flexibility index (Phi) is 4.06. The molecule has 1 aromatic heterocycles. The van der Waals surface area contributed by atoms with Gasteiger partial charge in [-0.25, -0.2) is 4.98 Å². The lowest BCUT2D eigenvalue weighted by molar-refractivity contribution is -0.384. The summed E-state index contributed by atoms with van der Waals surface area (Å²) < 4.78 is 0. The van der Waals surface area contributed by atoms with Gasteiger partial charge in [0.05, 0.1) is 4.92 Å². The average molecular weight is 320 g/mol. The van der Waals surface area contributed by atoms with Crippen LogP contribution in [-0.4, -0.2) is 28.0 Å². The molecule has 0 saturated carbocycles. The molecule has 3 rings (SSSR count). The van der Waals surface area contributed by atoms with E-state index < -0.39 is 4.92 Å². The van der Waals surface area contributed by atoms with Crippen molar-refractivity contribution in [1.82, 2.24) is 9.97 Å². The molecule has 2 heterocycles. The van der Waals surface area contributed by atoms with E-state index in [1.54, 1.807) is 24.3 Å². The van der Waals surface area contributed by atoms with Gasteiger partial charge in [-0.15, -0.1) is 0 Å². The van der Waals surface area contributed by atoms with Gasteiger partial charge in [-0.2, -0.15) is 4.98 Å². The third-order valence-electron chi connectivity index (χ3n) is 3.45. The number of benzene rings is 1. The fraction of sp³-hybridized carbons (Fsp3) is 0.286. The quantitative estimate of drug-likeness (QED) is 0.687. The van der Waals surface area contributed by atoms with Crippen LogP contribution in [0.4, 0.5) is 23.1 Å². The molecule has 114 valence electrons. The Balaban J connectivity index is 1.90. The highest BCUT2D eigenvalue weighted by Crippen LogP contribution is 2.29. The first-order valence-electron chi connectivity index (χ1n) is 6.92. The molecule has 0 atom stereocenters. The van der Waals surface area contributed by atoms with Crippen LogP contribution < -0.4 is 10.2 Å². The number of nitrogens with zero attached hydrogens (tertiary/aromatic N) is 4. The number of anilines is 3. The molecule has 0 amide bonds. The fourth-order valence-corrected chi connectivity index (χ4v) is 2.51. The van der Waals surface area contributed by atoms with Crippen molar-refractivity contribution in [2.24, 2.45) is 0 Å². The molecular formula is C14H14ClN5O2. The van der Waals surface area contributed by atoms with Crippen LogP contribution in [0.3, 0.4) is 0 Å². The topological polar surface area (TPSA) is 84.2 Å². The van der Waals surface area contributed by atoms with Gasteiger partial charge in [0.2, 0.25) is 11.8 Å². The Bertz CT molecular complexity index is 686. The highest BCUT2D eigenvalue weighted by atomic mass is 35.5. The molecule has 0 aliphatic carbocycles. The lowest BCUT2D eigenvalue weighted by Gasteiger charge is -2.16. The molecule has 0 spiro atoms. The summed E-state index contributed by atoms with van der Waals surface area (Å²) >= 11 is 5.84. The molecule has 7 nitrogen and oxygen atoms in total. The number of rotatable bonds is 4. The Labute approximate surface area is 132 Å². The first kappa shape index (κ1) is 14.5. The molecule has 1 fully saturated rings. The third kappa shape index (κ3) is 3.09. The van der Waals surface area contributed by atoms with Crippen molar-refractivity contribution in [3.05, 3.63) is 45.6 Å². The summed E-state index contributed by atoms with van der Waals surface area (Å²) in [6, 6.07) is 7.08. The van der Waals surface area contributed by atoms with E-state index in [1.165, 1.54) is 6.20 Å². The van der Waals surface area contributed by atoms with E-state index in [0.29, 0.717) is 16.8 Å². The van der Waals surface area contributed by atoms with Crippen molar-refractivity contribution in [3.63, 3.8) is 0 Å². The van der Waals surface area contributed by atoms with Gasteiger partial charge in [-0.05, 0) is 37.1 Å². The first-order chi connectivity index (χ1) is 10.6. The van der Waals surface area contributed by atoms with Crippen molar-refractivity contribution in [1.29, 1.82) is 0 Å². The molecule has 1 aliphatic heterocycles. The summed E-state index contributed by atoms with van der Waals surface area (Å²) in [5, 5.41) is 14.8. The lowest BCUT2D eigenvalue weighted by Crippen LogP contribution is -2.21. The summed E-state index contributed by atoms with van der Waals surface area (Å²) in [4.78, 5) is 21.0. The zero-order chi connectivity index (χ0) is 15.5. The minimum absolute atomic E-state index is 0.0662. The molecule has 2 aromatic rings. The predicted octanol–water partition coefficient (Wildman–Crippen LogP) is 3.38. The van der Waals surface area contributed by atoms with Crippen molar-refractivity contribution in [2.75, 3.05) is 23.3 Å². The predicted molar refractivity (Wildman–Crippen MR) is 84.9 cm³/mol. The van der Waals surface area contributed by atoms with Gasteiger partial charge >= 0.3 is 5.69 Å². The van der Waals surface area contributed by atoms with E-state index in [1.807, 2.05) is 4.90 Å². The van der Waals surface area contributed by atoms with E-state index in [2.05, 4.69) is 15.3 Å². The van der Waals surface area contributed by atoms with E-state index >= 15 is 0 Å². The number of nitro groups is 1. The monoisotopic (exact) mass is 319 g/mol. The standard InChI is InChI=1S/C14H14ClN5O2/c15-10-3-5-11(6-4-10)17-14-16-9-12(20(21)22)13(18-14)19-7-1-2-8-19/h3-6,9H,1-2,7-8H2,(H,16,17,18). The first-order valence-corrected chi connectivity index (χ1v) is 7.30.